The second-order valence-corrected chi connectivity index (χ2v) is 5.48. The van der Waals surface area contributed by atoms with Gasteiger partial charge < -0.3 is 4.90 Å². The number of nitrogens with zero attached hydrogens (tertiary/aromatic N) is 3. The average Bonchev–Trinajstić information content (AvgIpc) is 2.81. The van der Waals surface area contributed by atoms with E-state index >= 15 is 0 Å². The normalized spacial score (nSPS) is 18.4. The molecule has 3 amide bonds. The van der Waals surface area contributed by atoms with Crippen LogP contribution in [0.3, 0.4) is 0 Å². The molecule has 1 aromatic rings. The van der Waals surface area contributed by atoms with Gasteiger partial charge in [-0.2, -0.15) is 0 Å². The number of carbonyl (C=O) groups excluding carboxylic acids is 3. The number of aromatic nitrogens is 2. The number of hydrogen-bond donors (Lipinski definition) is 1. The second-order valence-electron chi connectivity index (χ2n) is 4.73. The molecule has 0 atom stereocenters. The molecule has 1 N–H and O–H groups in total. The van der Waals surface area contributed by atoms with Crippen molar-refractivity contribution >= 4 is 29.3 Å². The summed E-state index contributed by atoms with van der Waals surface area (Å²) in [7, 11) is 0. The summed E-state index contributed by atoms with van der Waals surface area (Å²) in [6.45, 7) is 4.94. The minimum Gasteiger partial charge on any atom is -0.314 e. The van der Waals surface area contributed by atoms with Gasteiger partial charge in [-0.25, -0.2) is 0 Å². The lowest BCUT2D eigenvalue weighted by Gasteiger charge is -2.39. The number of amides is 3. The molecule has 8 heteroatoms. The summed E-state index contributed by atoms with van der Waals surface area (Å²) in [6, 6.07) is 0. The lowest BCUT2D eigenvalue weighted by atomic mass is 9.98. The molecule has 1 aliphatic heterocycles. The smallest absolute Gasteiger partial charge is 0.268 e. The van der Waals surface area contributed by atoms with Crippen LogP contribution in [-0.2, 0) is 16.0 Å². The van der Waals surface area contributed by atoms with Crippen LogP contribution in [0.4, 0.5) is 0 Å². The SMILES string of the molecule is CCc1nnsc1C(=O)N1CC(=O)NC(=O)C1(C)C. The van der Waals surface area contributed by atoms with E-state index in [1.165, 1.54) is 4.90 Å². The van der Waals surface area contributed by atoms with Crippen molar-refractivity contribution in [3.8, 4) is 0 Å². The van der Waals surface area contributed by atoms with Crippen molar-refractivity contribution in [1.29, 1.82) is 0 Å². The van der Waals surface area contributed by atoms with Crippen LogP contribution < -0.4 is 5.32 Å². The van der Waals surface area contributed by atoms with Gasteiger partial charge in [-0.3, -0.25) is 19.7 Å². The summed E-state index contributed by atoms with van der Waals surface area (Å²) in [6.07, 6.45) is 0.575. The van der Waals surface area contributed by atoms with E-state index in [4.69, 9.17) is 0 Å². The van der Waals surface area contributed by atoms with Crippen molar-refractivity contribution < 1.29 is 14.4 Å². The Morgan fingerprint density at radius 2 is 2.16 bits per heavy atom. The van der Waals surface area contributed by atoms with Crippen LogP contribution in [0.1, 0.15) is 36.1 Å². The molecule has 0 saturated carbocycles. The topological polar surface area (TPSA) is 92.3 Å². The van der Waals surface area contributed by atoms with Crippen LogP contribution in [-0.4, -0.2) is 44.3 Å². The molecule has 0 unspecified atom stereocenters. The van der Waals surface area contributed by atoms with Gasteiger partial charge in [0.05, 0.1) is 5.69 Å². The third-order valence-corrected chi connectivity index (χ3v) is 3.87. The summed E-state index contributed by atoms with van der Waals surface area (Å²) in [5.74, 6) is -1.33. The summed E-state index contributed by atoms with van der Waals surface area (Å²) in [5.41, 5.74) is -0.482. The third kappa shape index (κ3) is 2.23. The fourth-order valence-corrected chi connectivity index (χ4v) is 2.53. The molecule has 0 bridgehead atoms. The van der Waals surface area contributed by atoms with Crippen molar-refractivity contribution in [2.75, 3.05) is 6.54 Å². The molecule has 0 radical (unpaired) electrons. The zero-order valence-electron chi connectivity index (χ0n) is 10.9. The highest BCUT2D eigenvalue weighted by Crippen LogP contribution is 2.23. The number of imide groups is 1. The minimum absolute atomic E-state index is 0.140. The maximum atomic E-state index is 12.5. The van der Waals surface area contributed by atoms with Gasteiger partial charge in [0.1, 0.15) is 17.0 Å². The maximum absolute atomic E-state index is 12.5. The number of rotatable bonds is 2. The van der Waals surface area contributed by atoms with Crippen molar-refractivity contribution in [2.45, 2.75) is 32.7 Å². The van der Waals surface area contributed by atoms with Crippen LogP contribution in [0.25, 0.3) is 0 Å². The zero-order chi connectivity index (χ0) is 14.2. The number of nitrogens with one attached hydrogen (secondary N) is 1. The highest BCUT2D eigenvalue weighted by atomic mass is 32.1. The molecule has 2 rings (SSSR count). The number of hydrogen-bond acceptors (Lipinski definition) is 6. The first-order chi connectivity index (χ1) is 8.87. The Morgan fingerprint density at radius 3 is 2.79 bits per heavy atom. The number of aryl methyl sites for hydroxylation is 1. The molecule has 1 fully saturated rings. The predicted molar refractivity (Wildman–Crippen MR) is 67.6 cm³/mol. The molecule has 102 valence electrons. The standard InChI is InChI=1S/C11H14N4O3S/c1-4-6-8(19-14-13-6)9(17)15-5-7(16)12-10(18)11(15,2)3/h4-5H2,1-3H3,(H,12,16,18). The Balaban J connectivity index is 2.36. The first-order valence-electron chi connectivity index (χ1n) is 5.85. The number of carbonyl (C=O) groups is 3. The molecular weight excluding hydrogens is 268 g/mol. The van der Waals surface area contributed by atoms with E-state index in [0.717, 1.165) is 11.5 Å². The van der Waals surface area contributed by atoms with Gasteiger partial charge in [0.15, 0.2) is 0 Å². The molecular formula is C11H14N4O3S. The molecule has 2 heterocycles. The molecule has 1 aliphatic rings. The predicted octanol–water partition coefficient (Wildman–Crippen LogP) is -0.0223. The molecule has 0 aliphatic carbocycles. The van der Waals surface area contributed by atoms with Gasteiger partial charge in [0.25, 0.3) is 11.8 Å². The first-order valence-corrected chi connectivity index (χ1v) is 6.62. The quantitative estimate of drug-likeness (QED) is 0.769. The molecule has 0 spiro atoms. The Labute approximate surface area is 114 Å². The van der Waals surface area contributed by atoms with Gasteiger partial charge in [0.2, 0.25) is 5.91 Å². The van der Waals surface area contributed by atoms with Crippen LogP contribution in [0.2, 0.25) is 0 Å². The van der Waals surface area contributed by atoms with Crippen molar-refractivity contribution in [3.05, 3.63) is 10.6 Å². The van der Waals surface area contributed by atoms with Crippen LogP contribution in [0, 0.1) is 0 Å². The monoisotopic (exact) mass is 282 g/mol. The van der Waals surface area contributed by atoms with E-state index in [1.54, 1.807) is 13.8 Å². The summed E-state index contributed by atoms with van der Waals surface area (Å²) < 4.78 is 3.75. The Hall–Kier alpha value is -1.83. The summed E-state index contributed by atoms with van der Waals surface area (Å²) in [4.78, 5) is 37.4. The van der Waals surface area contributed by atoms with Gasteiger partial charge in [0, 0.05) is 0 Å². The fourth-order valence-electron chi connectivity index (χ4n) is 1.83. The van der Waals surface area contributed by atoms with E-state index in [9.17, 15) is 14.4 Å². The van der Waals surface area contributed by atoms with E-state index in [0.29, 0.717) is 17.0 Å². The van der Waals surface area contributed by atoms with E-state index in [-0.39, 0.29) is 12.5 Å². The highest BCUT2D eigenvalue weighted by molar-refractivity contribution is 7.08. The zero-order valence-corrected chi connectivity index (χ0v) is 11.7. The Kier molecular flexibility index (Phi) is 3.36. The van der Waals surface area contributed by atoms with Gasteiger partial charge in [-0.1, -0.05) is 11.4 Å². The molecule has 7 nitrogen and oxygen atoms in total. The second kappa shape index (κ2) is 4.69. The average molecular weight is 282 g/mol. The molecule has 19 heavy (non-hydrogen) atoms. The summed E-state index contributed by atoms with van der Waals surface area (Å²) >= 11 is 0.984. The van der Waals surface area contributed by atoms with E-state index in [1.807, 2.05) is 6.92 Å². The van der Waals surface area contributed by atoms with E-state index < -0.39 is 17.4 Å². The van der Waals surface area contributed by atoms with Gasteiger partial charge in [-0.05, 0) is 31.8 Å². The highest BCUT2D eigenvalue weighted by Gasteiger charge is 2.44. The molecule has 1 aromatic heterocycles. The molecule has 0 aromatic carbocycles. The maximum Gasteiger partial charge on any atom is 0.268 e. The fraction of sp³-hybridized carbons (Fsp3) is 0.545. The lowest BCUT2D eigenvalue weighted by molar-refractivity contribution is -0.143. The van der Waals surface area contributed by atoms with Crippen molar-refractivity contribution in [1.82, 2.24) is 19.8 Å². The largest absolute Gasteiger partial charge is 0.314 e. The van der Waals surface area contributed by atoms with Crippen LogP contribution in [0.5, 0.6) is 0 Å². The van der Waals surface area contributed by atoms with Crippen LogP contribution >= 0.6 is 11.5 Å². The third-order valence-electron chi connectivity index (χ3n) is 3.12. The first kappa shape index (κ1) is 13.6. The van der Waals surface area contributed by atoms with Crippen molar-refractivity contribution in [3.63, 3.8) is 0 Å². The Bertz CT molecular complexity index is 552. The minimum atomic E-state index is -1.07. The lowest BCUT2D eigenvalue weighted by Crippen LogP contribution is -2.65. The molecule has 1 saturated heterocycles. The van der Waals surface area contributed by atoms with Gasteiger partial charge in [-0.15, -0.1) is 5.10 Å². The van der Waals surface area contributed by atoms with Crippen LogP contribution in [0.15, 0.2) is 0 Å². The number of piperazine rings is 1. The Morgan fingerprint density at radius 1 is 1.47 bits per heavy atom. The van der Waals surface area contributed by atoms with Gasteiger partial charge >= 0.3 is 0 Å². The summed E-state index contributed by atoms with van der Waals surface area (Å²) in [5, 5.41) is 6.10. The van der Waals surface area contributed by atoms with E-state index in [2.05, 4.69) is 14.9 Å². The van der Waals surface area contributed by atoms with Crippen molar-refractivity contribution in [2.24, 2.45) is 0 Å².